The number of hydrogen-bond acceptors (Lipinski definition) is 4. The molecule has 1 aromatic heterocycles. The molecule has 0 unspecified atom stereocenters. The van der Waals surface area contributed by atoms with Gasteiger partial charge in [-0.05, 0) is 39.5 Å². The van der Waals surface area contributed by atoms with E-state index in [1.165, 1.54) is 5.01 Å². The van der Waals surface area contributed by atoms with E-state index in [2.05, 4.69) is 32.9 Å². The Balaban J connectivity index is 0.00000441. The number of methoxy groups -OCH3 is 1. The van der Waals surface area contributed by atoms with Crippen LogP contribution in [0.25, 0.3) is 0 Å². The Kier molecular flexibility index (Phi) is 13.9. The topological polar surface area (TPSA) is 58.5 Å². The Labute approximate surface area is 155 Å². The van der Waals surface area contributed by atoms with Gasteiger partial charge in [-0.3, -0.25) is 4.99 Å². The van der Waals surface area contributed by atoms with Gasteiger partial charge in [-0.25, -0.2) is 4.98 Å². The number of hydrogen-bond donors (Lipinski definition) is 2. The number of guanidine groups is 1. The number of aromatic nitrogens is 1. The van der Waals surface area contributed by atoms with E-state index in [9.17, 15) is 0 Å². The molecule has 2 N–H and O–H groups in total. The van der Waals surface area contributed by atoms with E-state index < -0.39 is 0 Å². The Morgan fingerprint density at radius 2 is 2.14 bits per heavy atom. The number of ether oxygens (including phenoxy) is 1. The number of nitrogens with one attached hydrogen (secondary N) is 2. The number of aliphatic imine (C=N–C) groups is 1. The van der Waals surface area contributed by atoms with Gasteiger partial charge in [-0.2, -0.15) is 0 Å². The second-order valence-electron chi connectivity index (χ2n) is 4.87. The van der Waals surface area contributed by atoms with Crippen molar-refractivity contribution in [3.05, 3.63) is 16.1 Å². The van der Waals surface area contributed by atoms with Crippen molar-refractivity contribution in [3.8, 4) is 0 Å². The third-order valence-corrected chi connectivity index (χ3v) is 3.92. The summed E-state index contributed by atoms with van der Waals surface area (Å²) in [4.78, 5) is 9.00. The summed E-state index contributed by atoms with van der Waals surface area (Å²) in [5.74, 6) is 0.902. The van der Waals surface area contributed by atoms with Crippen LogP contribution < -0.4 is 10.6 Å². The molecular formula is C15H29IN4OS. The molecule has 0 radical (unpaired) electrons. The van der Waals surface area contributed by atoms with E-state index >= 15 is 0 Å². The molecule has 0 spiro atoms. The highest BCUT2D eigenvalue weighted by atomic mass is 127. The molecule has 0 atom stereocenters. The van der Waals surface area contributed by atoms with Crippen LogP contribution in [0, 0.1) is 6.92 Å². The average Bonchev–Trinajstić information content (AvgIpc) is 2.88. The fourth-order valence-corrected chi connectivity index (χ4v) is 2.69. The van der Waals surface area contributed by atoms with Crippen LogP contribution in [0.3, 0.4) is 0 Å². The zero-order chi connectivity index (χ0) is 15.3. The minimum Gasteiger partial charge on any atom is -0.385 e. The van der Waals surface area contributed by atoms with Crippen molar-refractivity contribution in [3.63, 3.8) is 0 Å². The molecule has 1 rings (SSSR count). The summed E-state index contributed by atoms with van der Waals surface area (Å²) >= 11 is 1.76. The van der Waals surface area contributed by atoms with Crippen molar-refractivity contribution in [1.82, 2.24) is 15.6 Å². The van der Waals surface area contributed by atoms with Gasteiger partial charge in [-0.15, -0.1) is 35.3 Å². The molecule has 7 heteroatoms. The maximum absolute atomic E-state index is 5.03. The number of thiazole rings is 1. The molecule has 0 saturated carbocycles. The quantitative estimate of drug-likeness (QED) is 0.254. The van der Waals surface area contributed by atoms with Gasteiger partial charge in [0.1, 0.15) is 0 Å². The van der Waals surface area contributed by atoms with E-state index in [1.54, 1.807) is 18.4 Å². The predicted molar refractivity (Wildman–Crippen MR) is 106 cm³/mol. The summed E-state index contributed by atoms with van der Waals surface area (Å²) in [6.45, 7) is 7.51. The van der Waals surface area contributed by atoms with Crippen LogP contribution in [-0.4, -0.2) is 44.3 Å². The highest BCUT2D eigenvalue weighted by molar-refractivity contribution is 14.0. The minimum atomic E-state index is 0. The SMILES string of the molecule is CCNC(=NCCCOC)NCCCCc1nc(C)cs1.I. The number of unbranched alkanes of at least 4 members (excludes halogenated alkanes) is 1. The number of nitrogens with zero attached hydrogens (tertiary/aromatic N) is 2. The van der Waals surface area contributed by atoms with Gasteiger partial charge >= 0.3 is 0 Å². The average molecular weight is 440 g/mol. The van der Waals surface area contributed by atoms with E-state index in [0.29, 0.717) is 0 Å². The van der Waals surface area contributed by atoms with E-state index in [1.807, 2.05) is 6.92 Å². The predicted octanol–water partition coefficient (Wildman–Crippen LogP) is 2.98. The monoisotopic (exact) mass is 440 g/mol. The zero-order valence-electron chi connectivity index (χ0n) is 13.9. The fraction of sp³-hybridized carbons (Fsp3) is 0.733. The first-order valence-corrected chi connectivity index (χ1v) is 8.56. The Morgan fingerprint density at radius 3 is 2.77 bits per heavy atom. The highest BCUT2D eigenvalue weighted by Crippen LogP contribution is 2.11. The fourth-order valence-electron chi connectivity index (χ4n) is 1.87. The molecule has 1 heterocycles. The van der Waals surface area contributed by atoms with Crippen molar-refractivity contribution in [2.24, 2.45) is 4.99 Å². The standard InChI is InChI=1S/C15H28N4OS.HI/c1-4-16-15(18-10-7-11-20-3)17-9-6-5-8-14-19-13(2)12-21-14;/h12H,4-11H2,1-3H3,(H2,16,17,18);1H. The lowest BCUT2D eigenvalue weighted by Gasteiger charge is -2.10. The number of aryl methyl sites for hydroxylation is 2. The lowest BCUT2D eigenvalue weighted by atomic mass is 10.2. The molecule has 0 amide bonds. The van der Waals surface area contributed by atoms with Gasteiger partial charge in [-0.1, -0.05) is 0 Å². The van der Waals surface area contributed by atoms with Crippen LogP contribution in [0.2, 0.25) is 0 Å². The molecular weight excluding hydrogens is 411 g/mol. The van der Waals surface area contributed by atoms with Gasteiger partial charge in [0, 0.05) is 44.4 Å². The van der Waals surface area contributed by atoms with Crippen molar-refractivity contribution >= 4 is 41.3 Å². The minimum absolute atomic E-state index is 0. The van der Waals surface area contributed by atoms with Crippen LogP contribution in [-0.2, 0) is 11.2 Å². The molecule has 0 aliphatic heterocycles. The third kappa shape index (κ3) is 10.3. The first-order chi connectivity index (χ1) is 10.3. The van der Waals surface area contributed by atoms with Crippen molar-refractivity contribution in [2.75, 3.05) is 33.4 Å². The first kappa shape index (κ1) is 21.6. The molecule has 0 aliphatic rings. The molecule has 0 aliphatic carbocycles. The van der Waals surface area contributed by atoms with E-state index in [0.717, 1.165) is 63.6 Å². The molecule has 0 fully saturated rings. The van der Waals surface area contributed by atoms with Crippen LogP contribution in [0.1, 0.15) is 36.9 Å². The Bertz CT molecular complexity index is 412. The summed E-state index contributed by atoms with van der Waals surface area (Å²) in [7, 11) is 1.72. The summed E-state index contributed by atoms with van der Waals surface area (Å²) in [5, 5.41) is 9.99. The van der Waals surface area contributed by atoms with Crippen molar-refractivity contribution < 1.29 is 4.74 Å². The van der Waals surface area contributed by atoms with Crippen molar-refractivity contribution in [2.45, 2.75) is 39.5 Å². The van der Waals surface area contributed by atoms with Gasteiger partial charge in [0.05, 0.1) is 5.01 Å². The van der Waals surface area contributed by atoms with Gasteiger partial charge in [0.2, 0.25) is 0 Å². The maximum Gasteiger partial charge on any atom is 0.191 e. The summed E-state index contributed by atoms with van der Waals surface area (Å²) in [6, 6.07) is 0. The van der Waals surface area contributed by atoms with Crippen LogP contribution in [0.15, 0.2) is 10.4 Å². The molecule has 0 saturated heterocycles. The third-order valence-electron chi connectivity index (χ3n) is 2.90. The first-order valence-electron chi connectivity index (χ1n) is 7.68. The van der Waals surface area contributed by atoms with E-state index in [4.69, 9.17) is 4.74 Å². The number of rotatable bonds is 10. The normalized spacial score (nSPS) is 11.1. The number of halogens is 1. The van der Waals surface area contributed by atoms with Gasteiger partial charge in [0.25, 0.3) is 0 Å². The lowest BCUT2D eigenvalue weighted by Crippen LogP contribution is -2.37. The van der Waals surface area contributed by atoms with E-state index in [-0.39, 0.29) is 24.0 Å². The van der Waals surface area contributed by atoms with Crippen LogP contribution in [0.5, 0.6) is 0 Å². The smallest absolute Gasteiger partial charge is 0.191 e. The summed E-state index contributed by atoms with van der Waals surface area (Å²) in [6.07, 6.45) is 4.31. The zero-order valence-corrected chi connectivity index (χ0v) is 17.0. The largest absolute Gasteiger partial charge is 0.385 e. The Morgan fingerprint density at radius 1 is 1.32 bits per heavy atom. The van der Waals surface area contributed by atoms with Crippen molar-refractivity contribution in [1.29, 1.82) is 0 Å². The Hall–Kier alpha value is -0.410. The lowest BCUT2D eigenvalue weighted by molar-refractivity contribution is 0.197. The molecule has 128 valence electrons. The molecule has 5 nitrogen and oxygen atoms in total. The second-order valence-corrected chi connectivity index (χ2v) is 5.82. The molecule has 0 aromatic carbocycles. The van der Waals surface area contributed by atoms with Crippen LogP contribution in [0.4, 0.5) is 0 Å². The van der Waals surface area contributed by atoms with Gasteiger partial charge < -0.3 is 15.4 Å². The van der Waals surface area contributed by atoms with Crippen LogP contribution >= 0.6 is 35.3 Å². The van der Waals surface area contributed by atoms with Gasteiger partial charge in [0.15, 0.2) is 5.96 Å². The second kappa shape index (κ2) is 14.2. The molecule has 22 heavy (non-hydrogen) atoms. The molecule has 1 aromatic rings. The highest BCUT2D eigenvalue weighted by Gasteiger charge is 1.99. The maximum atomic E-state index is 5.03. The summed E-state index contributed by atoms with van der Waals surface area (Å²) in [5.41, 5.74) is 1.13. The summed E-state index contributed by atoms with van der Waals surface area (Å²) < 4.78 is 5.03. The molecule has 0 bridgehead atoms.